The van der Waals surface area contributed by atoms with Crippen molar-refractivity contribution in [3.8, 4) is 0 Å². The third kappa shape index (κ3) is 2.39. The number of nitrogens with one attached hydrogen (secondary N) is 1. The summed E-state index contributed by atoms with van der Waals surface area (Å²) in [6.07, 6.45) is 2.32. The maximum Gasteiger partial charge on any atom is 0.147 e. The molecule has 1 fully saturated rings. The summed E-state index contributed by atoms with van der Waals surface area (Å²) in [5, 5.41) is 7.79. The van der Waals surface area contributed by atoms with Crippen LogP contribution >= 0.6 is 0 Å². The molecule has 17 heavy (non-hydrogen) atoms. The van der Waals surface area contributed by atoms with Crippen molar-refractivity contribution < 1.29 is 4.74 Å². The Balaban J connectivity index is 2.01. The van der Waals surface area contributed by atoms with Crippen molar-refractivity contribution >= 4 is 11.5 Å². The lowest BCUT2D eigenvalue weighted by Crippen LogP contribution is -2.22. The summed E-state index contributed by atoms with van der Waals surface area (Å²) >= 11 is 0. The van der Waals surface area contributed by atoms with Crippen LogP contribution < -0.4 is 11.1 Å². The van der Waals surface area contributed by atoms with Crippen LogP contribution in [0.5, 0.6) is 0 Å². The van der Waals surface area contributed by atoms with Gasteiger partial charge in [-0.25, -0.2) is 0 Å². The number of aromatic nitrogens is 2. The zero-order valence-corrected chi connectivity index (χ0v) is 10.9. The standard InChI is InChI=1S/C12H22N4O/c1-4-10-11(13)12(16(3)15-10)14-7-9-5-6-17-8(9)2/h8-9,14H,4-7,13H2,1-3H3. The van der Waals surface area contributed by atoms with Crippen molar-refractivity contribution in [2.75, 3.05) is 24.2 Å². The van der Waals surface area contributed by atoms with Crippen LogP contribution in [0.4, 0.5) is 11.5 Å². The Morgan fingerprint density at radius 1 is 1.59 bits per heavy atom. The number of hydrogen-bond donors (Lipinski definition) is 2. The molecule has 2 rings (SSSR count). The van der Waals surface area contributed by atoms with E-state index >= 15 is 0 Å². The summed E-state index contributed by atoms with van der Waals surface area (Å²) in [7, 11) is 1.92. The number of rotatable bonds is 4. The molecule has 5 nitrogen and oxygen atoms in total. The molecular weight excluding hydrogens is 216 g/mol. The number of nitrogens with zero attached hydrogens (tertiary/aromatic N) is 2. The highest BCUT2D eigenvalue weighted by Gasteiger charge is 2.24. The molecule has 0 bridgehead atoms. The minimum absolute atomic E-state index is 0.336. The summed E-state index contributed by atoms with van der Waals surface area (Å²) < 4.78 is 7.38. The first-order chi connectivity index (χ1) is 8.13. The van der Waals surface area contributed by atoms with Gasteiger partial charge in [-0.3, -0.25) is 4.68 Å². The predicted octanol–water partition coefficient (Wildman–Crippen LogP) is 1.40. The Morgan fingerprint density at radius 2 is 2.35 bits per heavy atom. The number of nitrogen functional groups attached to an aromatic ring is 1. The third-order valence-corrected chi connectivity index (χ3v) is 3.56. The summed E-state index contributed by atoms with van der Waals surface area (Å²) in [4.78, 5) is 0. The van der Waals surface area contributed by atoms with Crippen molar-refractivity contribution in [2.45, 2.75) is 32.8 Å². The van der Waals surface area contributed by atoms with Crippen molar-refractivity contribution in [1.29, 1.82) is 0 Å². The van der Waals surface area contributed by atoms with E-state index in [1.54, 1.807) is 0 Å². The van der Waals surface area contributed by atoms with E-state index in [0.29, 0.717) is 12.0 Å². The SMILES string of the molecule is CCc1nn(C)c(NCC2CCOC2C)c1N. The van der Waals surface area contributed by atoms with E-state index in [0.717, 1.165) is 43.2 Å². The largest absolute Gasteiger partial charge is 0.394 e. The third-order valence-electron chi connectivity index (χ3n) is 3.56. The van der Waals surface area contributed by atoms with Crippen LogP contribution in [-0.4, -0.2) is 29.0 Å². The average molecular weight is 238 g/mol. The second-order valence-corrected chi connectivity index (χ2v) is 4.69. The van der Waals surface area contributed by atoms with Gasteiger partial charge >= 0.3 is 0 Å². The van der Waals surface area contributed by atoms with Gasteiger partial charge in [-0.05, 0) is 19.8 Å². The Kier molecular flexibility index (Phi) is 3.57. The summed E-state index contributed by atoms with van der Waals surface area (Å²) in [6.45, 7) is 5.96. The van der Waals surface area contributed by atoms with Crippen molar-refractivity contribution in [2.24, 2.45) is 13.0 Å². The molecule has 1 aromatic rings. The zero-order valence-electron chi connectivity index (χ0n) is 10.9. The number of ether oxygens (including phenoxy) is 1. The lowest BCUT2D eigenvalue weighted by atomic mass is 10.0. The summed E-state index contributed by atoms with van der Waals surface area (Å²) in [5.41, 5.74) is 7.80. The molecule has 0 aliphatic carbocycles. The van der Waals surface area contributed by atoms with Gasteiger partial charge in [0.05, 0.1) is 17.5 Å². The second-order valence-electron chi connectivity index (χ2n) is 4.69. The van der Waals surface area contributed by atoms with Crippen LogP contribution in [-0.2, 0) is 18.2 Å². The molecule has 5 heteroatoms. The fourth-order valence-electron chi connectivity index (χ4n) is 2.34. The van der Waals surface area contributed by atoms with Crippen LogP contribution in [0.15, 0.2) is 0 Å². The molecule has 96 valence electrons. The topological polar surface area (TPSA) is 65.1 Å². The minimum atomic E-state index is 0.336. The molecule has 2 atom stereocenters. The highest BCUT2D eigenvalue weighted by atomic mass is 16.5. The Hall–Kier alpha value is -1.23. The van der Waals surface area contributed by atoms with Crippen molar-refractivity contribution in [1.82, 2.24) is 9.78 Å². The van der Waals surface area contributed by atoms with E-state index in [-0.39, 0.29) is 0 Å². The second kappa shape index (κ2) is 4.96. The highest BCUT2D eigenvalue weighted by molar-refractivity contribution is 5.65. The highest BCUT2D eigenvalue weighted by Crippen LogP contribution is 2.25. The number of anilines is 2. The van der Waals surface area contributed by atoms with E-state index in [1.165, 1.54) is 0 Å². The molecule has 0 saturated carbocycles. The van der Waals surface area contributed by atoms with E-state index < -0.39 is 0 Å². The van der Waals surface area contributed by atoms with Gasteiger partial charge in [-0.2, -0.15) is 5.10 Å². The molecule has 1 aromatic heterocycles. The number of nitrogens with two attached hydrogens (primary N) is 1. The fourth-order valence-corrected chi connectivity index (χ4v) is 2.34. The van der Waals surface area contributed by atoms with Crippen molar-refractivity contribution in [3.63, 3.8) is 0 Å². The fraction of sp³-hybridized carbons (Fsp3) is 0.750. The maximum absolute atomic E-state index is 6.06. The van der Waals surface area contributed by atoms with Gasteiger partial charge < -0.3 is 15.8 Å². The molecular formula is C12H22N4O. The van der Waals surface area contributed by atoms with Gasteiger partial charge in [-0.1, -0.05) is 6.92 Å². The molecule has 3 N–H and O–H groups in total. The van der Waals surface area contributed by atoms with E-state index in [1.807, 2.05) is 11.7 Å². The summed E-state index contributed by atoms with van der Waals surface area (Å²) in [5.74, 6) is 1.50. The predicted molar refractivity (Wildman–Crippen MR) is 69.0 cm³/mol. The van der Waals surface area contributed by atoms with E-state index in [9.17, 15) is 0 Å². The van der Waals surface area contributed by atoms with Crippen LogP contribution in [0, 0.1) is 5.92 Å². The normalized spacial score (nSPS) is 24.2. The van der Waals surface area contributed by atoms with E-state index in [4.69, 9.17) is 10.5 Å². The molecule has 0 spiro atoms. The number of hydrogen-bond acceptors (Lipinski definition) is 4. The zero-order chi connectivity index (χ0) is 12.4. The smallest absolute Gasteiger partial charge is 0.147 e. The van der Waals surface area contributed by atoms with E-state index in [2.05, 4.69) is 24.3 Å². The molecule has 0 amide bonds. The monoisotopic (exact) mass is 238 g/mol. The minimum Gasteiger partial charge on any atom is -0.394 e. The molecule has 2 unspecified atom stereocenters. The first-order valence-electron chi connectivity index (χ1n) is 6.30. The molecule has 1 aliphatic rings. The van der Waals surface area contributed by atoms with Gasteiger partial charge in [-0.15, -0.1) is 0 Å². The molecule has 1 aliphatic heterocycles. The maximum atomic E-state index is 6.06. The van der Waals surface area contributed by atoms with Crippen LogP contribution in [0.1, 0.15) is 26.0 Å². The van der Waals surface area contributed by atoms with Crippen molar-refractivity contribution in [3.05, 3.63) is 5.69 Å². The van der Waals surface area contributed by atoms with Crippen LogP contribution in [0.2, 0.25) is 0 Å². The van der Waals surface area contributed by atoms with Gasteiger partial charge in [0, 0.05) is 26.1 Å². The number of aryl methyl sites for hydroxylation is 2. The molecule has 1 saturated heterocycles. The van der Waals surface area contributed by atoms with Crippen LogP contribution in [0.25, 0.3) is 0 Å². The lowest BCUT2D eigenvalue weighted by Gasteiger charge is -2.15. The Labute approximate surface area is 102 Å². The van der Waals surface area contributed by atoms with Gasteiger partial charge in [0.25, 0.3) is 0 Å². The Bertz CT molecular complexity index is 388. The first-order valence-corrected chi connectivity index (χ1v) is 6.30. The van der Waals surface area contributed by atoms with Gasteiger partial charge in [0.2, 0.25) is 0 Å². The summed E-state index contributed by atoms with van der Waals surface area (Å²) in [6, 6.07) is 0. The first kappa shape index (κ1) is 12.2. The van der Waals surface area contributed by atoms with Gasteiger partial charge in [0.1, 0.15) is 5.82 Å². The Morgan fingerprint density at radius 3 is 2.88 bits per heavy atom. The van der Waals surface area contributed by atoms with Gasteiger partial charge in [0.15, 0.2) is 0 Å². The molecule has 2 heterocycles. The average Bonchev–Trinajstić information content (AvgIpc) is 2.82. The quantitative estimate of drug-likeness (QED) is 0.832. The molecule has 0 aromatic carbocycles. The van der Waals surface area contributed by atoms with Crippen LogP contribution in [0.3, 0.4) is 0 Å². The lowest BCUT2D eigenvalue weighted by molar-refractivity contribution is 0.108. The molecule has 0 radical (unpaired) electrons.